The van der Waals surface area contributed by atoms with E-state index in [0.717, 1.165) is 10.4 Å². The molecule has 96 valence electrons. The molecule has 1 heterocycles. The molecule has 0 aliphatic carbocycles. The number of aryl methyl sites for hydroxylation is 3. The minimum atomic E-state index is 0.0944. The van der Waals surface area contributed by atoms with Gasteiger partial charge in [0.25, 0.3) is 0 Å². The molecule has 2 rings (SSSR count). The van der Waals surface area contributed by atoms with E-state index in [9.17, 15) is 0 Å². The number of hydrogen-bond acceptors (Lipinski definition) is 2. The molecule has 1 aromatic carbocycles. The summed E-state index contributed by atoms with van der Waals surface area (Å²) in [6.45, 7) is 6.43. The normalized spacial score (nSPS) is 12.7. The van der Waals surface area contributed by atoms with E-state index in [0.29, 0.717) is 0 Å². The second kappa shape index (κ2) is 5.29. The summed E-state index contributed by atoms with van der Waals surface area (Å²) in [6, 6.07) is 8.45. The fourth-order valence-corrected chi connectivity index (χ4v) is 2.88. The van der Waals surface area contributed by atoms with Gasteiger partial charge in [-0.15, -0.1) is 0 Å². The Morgan fingerprint density at radius 3 is 2.17 bits per heavy atom. The predicted molar refractivity (Wildman–Crippen MR) is 78.0 cm³/mol. The highest BCUT2D eigenvalue weighted by molar-refractivity contribution is 9.10. The second-order valence-corrected chi connectivity index (χ2v) is 5.46. The summed E-state index contributed by atoms with van der Waals surface area (Å²) in [5.74, 6) is 0.930. The molecule has 0 aliphatic rings. The van der Waals surface area contributed by atoms with E-state index >= 15 is 0 Å². The van der Waals surface area contributed by atoms with Crippen molar-refractivity contribution >= 4 is 15.9 Å². The highest BCUT2D eigenvalue weighted by Crippen LogP contribution is 2.30. The zero-order valence-corrected chi connectivity index (χ0v) is 12.8. The number of nitrogens with one attached hydrogen (secondary N) is 1. The third-order valence-corrected chi connectivity index (χ3v) is 3.62. The molecule has 1 atom stereocenters. The topological polar surface area (TPSA) is 25.2 Å². The summed E-state index contributed by atoms with van der Waals surface area (Å²) in [6.07, 6.45) is 0. The number of benzene rings is 1. The van der Waals surface area contributed by atoms with Crippen LogP contribution in [0.3, 0.4) is 0 Å². The van der Waals surface area contributed by atoms with Crippen LogP contribution >= 0.6 is 15.9 Å². The molecule has 18 heavy (non-hydrogen) atoms. The predicted octanol–water partition coefficient (Wildman–Crippen LogP) is 4.28. The lowest BCUT2D eigenvalue weighted by Gasteiger charge is -2.20. The van der Waals surface area contributed by atoms with Crippen LogP contribution in [0.15, 0.2) is 33.4 Å². The minimum Gasteiger partial charge on any atom is -0.452 e. The van der Waals surface area contributed by atoms with Crippen molar-refractivity contribution in [3.05, 3.63) is 56.9 Å². The van der Waals surface area contributed by atoms with Crippen LogP contribution in [-0.2, 0) is 0 Å². The van der Waals surface area contributed by atoms with Crippen molar-refractivity contribution in [3.8, 4) is 0 Å². The maximum Gasteiger partial charge on any atom is 0.169 e. The van der Waals surface area contributed by atoms with Gasteiger partial charge in [0.2, 0.25) is 0 Å². The maximum atomic E-state index is 5.69. The van der Waals surface area contributed by atoms with Crippen LogP contribution in [0.1, 0.15) is 34.1 Å². The summed E-state index contributed by atoms with van der Waals surface area (Å²) in [7, 11) is 1.96. The van der Waals surface area contributed by atoms with E-state index in [4.69, 9.17) is 4.42 Å². The second-order valence-electron chi connectivity index (χ2n) is 4.68. The Labute approximate surface area is 117 Å². The molecule has 0 aliphatic heterocycles. The molecule has 0 fully saturated rings. The zero-order chi connectivity index (χ0) is 13.3. The first-order chi connectivity index (χ1) is 8.52. The summed E-state index contributed by atoms with van der Waals surface area (Å²) in [4.78, 5) is 0. The lowest BCUT2D eigenvalue weighted by molar-refractivity contribution is 0.445. The van der Waals surface area contributed by atoms with Gasteiger partial charge < -0.3 is 9.73 Å². The molecule has 0 amide bonds. The number of rotatable bonds is 3. The molecule has 0 bridgehead atoms. The van der Waals surface area contributed by atoms with Crippen LogP contribution in [0.2, 0.25) is 0 Å². The Bertz CT molecular complexity index is 536. The van der Waals surface area contributed by atoms with Crippen molar-refractivity contribution in [2.75, 3.05) is 7.05 Å². The third-order valence-electron chi connectivity index (χ3n) is 3.19. The quantitative estimate of drug-likeness (QED) is 0.915. The van der Waals surface area contributed by atoms with Gasteiger partial charge in [-0.1, -0.05) is 17.7 Å². The van der Waals surface area contributed by atoms with Gasteiger partial charge in [-0.05, 0) is 72.6 Å². The molecular weight excluding hydrogens is 290 g/mol. The Morgan fingerprint density at radius 1 is 1.11 bits per heavy atom. The molecule has 1 aromatic heterocycles. The molecule has 0 saturated carbocycles. The van der Waals surface area contributed by atoms with Crippen LogP contribution < -0.4 is 5.32 Å². The van der Waals surface area contributed by atoms with Gasteiger partial charge in [-0.2, -0.15) is 0 Å². The van der Waals surface area contributed by atoms with Crippen molar-refractivity contribution in [1.29, 1.82) is 0 Å². The number of hydrogen-bond donors (Lipinski definition) is 1. The molecule has 1 unspecified atom stereocenters. The molecule has 2 aromatic rings. The van der Waals surface area contributed by atoms with Crippen molar-refractivity contribution in [2.24, 2.45) is 0 Å². The summed E-state index contributed by atoms with van der Waals surface area (Å²) in [5, 5.41) is 3.33. The van der Waals surface area contributed by atoms with E-state index in [1.165, 1.54) is 22.3 Å². The number of halogens is 1. The fourth-order valence-electron chi connectivity index (χ4n) is 2.56. The Morgan fingerprint density at radius 2 is 1.72 bits per heavy atom. The Kier molecular flexibility index (Phi) is 3.93. The lowest BCUT2D eigenvalue weighted by atomic mass is 9.93. The van der Waals surface area contributed by atoms with Crippen LogP contribution in [0, 0.1) is 20.8 Å². The van der Waals surface area contributed by atoms with E-state index in [-0.39, 0.29) is 6.04 Å². The van der Waals surface area contributed by atoms with Crippen molar-refractivity contribution in [3.63, 3.8) is 0 Å². The molecule has 1 N–H and O–H groups in total. The van der Waals surface area contributed by atoms with E-state index in [2.05, 4.69) is 54.2 Å². The first-order valence-electron chi connectivity index (χ1n) is 6.03. The van der Waals surface area contributed by atoms with E-state index in [1.54, 1.807) is 0 Å². The first kappa shape index (κ1) is 13.4. The summed E-state index contributed by atoms with van der Waals surface area (Å²) >= 11 is 3.36. The van der Waals surface area contributed by atoms with Gasteiger partial charge in [0.1, 0.15) is 5.76 Å². The lowest BCUT2D eigenvalue weighted by Crippen LogP contribution is -2.19. The monoisotopic (exact) mass is 307 g/mol. The minimum absolute atomic E-state index is 0.0944. The molecule has 2 nitrogen and oxygen atoms in total. The van der Waals surface area contributed by atoms with Gasteiger partial charge in [-0.3, -0.25) is 0 Å². The fraction of sp³-hybridized carbons (Fsp3) is 0.333. The SMILES string of the molecule is CNC(c1ccc(Br)o1)c1c(C)cc(C)cc1C. The van der Waals surface area contributed by atoms with Crippen molar-refractivity contribution < 1.29 is 4.42 Å². The Hall–Kier alpha value is -1.06. The zero-order valence-electron chi connectivity index (χ0n) is 11.2. The van der Waals surface area contributed by atoms with Crippen molar-refractivity contribution in [2.45, 2.75) is 26.8 Å². The highest BCUT2D eigenvalue weighted by atomic mass is 79.9. The smallest absolute Gasteiger partial charge is 0.169 e. The van der Waals surface area contributed by atoms with Gasteiger partial charge in [0.15, 0.2) is 4.67 Å². The molecule has 0 saturated heterocycles. The third kappa shape index (κ3) is 2.52. The van der Waals surface area contributed by atoms with Gasteiger partial charge in [0.05, 0.1) is 6.04 Å². The summed E-state index contributed by atoms with van der Waals surface area (Å²) in [5.41, 5.74) is 5.17. The first-order valence-corrected chi connectivity index (χ1v) is 6.82. The molecule has 0 spiro atoms. The largest absolute Gasteiger partial charge is 0.452 e. The molecular formula is C15H18BrNO. The number of furan rings is 1. The van der Waals surface area contributed by atoms with Crippen molar-refractivity contribution in [1.82, 2.24) is 5.32 Å². The molecule has 3 heteroatoms. The van der Waals surface area contributed by atoms with E-state index in [1.807, 2.05) is 19.2 Å². The summed E-state index contributed by atoms with van der Waals surface area (Å²) < 4.78 is 6.45. The highest BCUT2D eigenvalue weighted by Gasteiger charge is 2.19. The van der Waals surface area contributed by atoms with Crippen LogP contribution in [-0.4, -0.2) is 7.05 Å². The van der Waals surface area contributed by atoms with Gasteiger partial charge >= 0.3 is 0 Å². The van der Waals surface area contributed by atoms with Gasteiger partial charge in [0, 0.05) is 0 Å². The Balaban J connectivity index is 2.51. The van der Waals surface area contributed by atoms with E-state index < -0.39 is 0 Å². The average Bonchev–Trinajstić information content (AvgIpc) is 2.69. The van der Waals surface area contributed by atoms with Gasteiger partial charge in [-0.25, -0.2) is 0 Å². The van der Waals surface area contributed by atoms with Crippen LogP contribution in [0.5, 0.6) is 0 Å². The van der Waals surface area contributed by atoms with Crippen LogP contribution in [0.4, 0.5) is 0 Å². The average molecular weight is 308 g/mol. The van der Waals surface area contributed by atoms with Crippen LogP contribution in [0.25, 0.3) is 0 Å². The molecule has 0 radical (unpaired) electrons. The maximum absolute atomic E-state index is 5.69. The standard InChI is InChI=1S/C15H18BrNO/c1-9-7-10(2)14(11(3)8-9)15(17-4)12-5-6-13(16)18-12/h5-8,15,17H,1-4H3.